The molecule has 5 heteroatoms. The Labute approximate surface area is 109 Å². The third-order valence-electron chi connectivity index (χ3n) is 3.87. The molecule has 1 fully saturated rings. The molecule has 0 amide bonds. The molecule has 2 atom stereocenters. The number of nitrogens with two attached hydrogens (primary N) is 2. The Balaban J connectivity index is 2.00. The molecule has 1 aliphatic rings. The number of hydrogen-bond acceptors (Lipinski definition) is 5. The van der Waals surface area contributed by atoms with Crippen molar-refractivity contribution in [3.05, 3.63) is 18.1 Å². The first-order valence-corrected chi connectivity index (χ1v) is 6.74. The Morgan fingerprint density at radius 1 is 1.50 bits per heavy atom. The predicted octanol–water partition coefficient (Wildman–Crippen LogP) is 1.01. The maximum atomic E-state index is 5.89. The summed E-state index contributed by atoms with van der Waals surface area (Å²) < 4.78 is 0. The molecule has 5 nitrogen and oxygen atoms in total. The van der Waals surface area contributed by atoms with Gasteiger partial charge in [-0.15, -0.1) is 0 Å². The van der Waals surface area contributed by atoms with Gasteiger partial charge in [0.05, 0.1) is 6.54 Å². The molecule has 0 aromatic carbocycles. The van der Waals surface area contributed by atoms with Crippen LogP contribution in [-0.2, 0) is 6.54 Å². The highest BCUT2D eigenvalue weighted by atomic mass is 15.2. The Kier molecular flexibility index (Phi) is 4.49. The van der Waals surface area contributed by atoms with Crippen LogP contribution in [0.25, 0.3) is 0 Å². The van der Waals surface area contributed by atoms with Gasteiger partial charge in [0.15, 0.2) is 0 Å². The van der Waals surface area contributed by atoms with Gasteiger partial charge in [-0.1, -0.05) is 13.3 Å². The maximum absolute atomic E-state index is 5.89. The number of hydrogen-bond donors (Lipinski definition) is 2. The summed E-state index contributed by atoms with van der Waals surface area (Å²) in [4.78, 5) is 10.9. The quantitative estimate of drug-likeness (QED) is 0.832. The number of aromatic nitrogens is 2. The van der Waals surface area contributed by atoms with Crippen molar-refractivity contribution in [2.75, 3.05) is 18.8 Å². The predicted molar refractivity (Wildman–Crippen MR) is 72.7 cm³/mol. The van der Waals surface area contributed by atoms with Crippen molar-refractivity contribution < 1.29 is 0 Å². The van der Waals surface area contributed by atoms with E-state index in [2.05, 4.69) is 21.8 Å². The van der Waals surface area contributed by atoms with Crippen LogP contribution in [0.15, 0.2) is 12.3 Å². The molecular weight excluding hydrogens is 226 g/mol. The molecule has 2 unspecified atom stereocenters. The number of nitrogen functional groups attached to an aromatic ring is 1. The molecule has 18 heavy (non-hydrogen) atoms. The second-order valence-corrected chi connectivity index (χ2v) is 5.06. The molecule has 100 valence electrons. The summed E-state index contributed by atoms with van der Waals surface area (Å²) in [6, 6.07) is 2.17. The number of rotatable bonds is 4. The molecule has 2 heterocycles. The monoisotopic (exact) mass is 249 g/mol. The largest absolute Gasteiger partial charge is 0.384 e. The average Bonchev–Trinajstić information content (AvgIpc) is 2.39. The zero-order chi connectivity index (χ0) is 13.0. The van der Waals surface area contributed by atoms with Gasteiger partial charge in [-0.25, -0.2) is 9.97 Å². The van der Waals surface area contributed by atoms with E-state index in [1.165, 1.54) is 19.3 Å². The van der Waals surface area contributed by atoms with Gasteiger partial charge in [0, 0.05) is 18.8 Å². The van der Waals surface area contributed by atoms with Crippen molar-refractivity contribution in [2.45, 2.75) is 38.8 Å². The van der Waals surface area contributed by atoms with Crippen LogP contribution < -0.4 is 11.5 Å². The lowest BCUT2D eigenvalue weighted by molar-refractivity contribution is 0.105. The van der Waals surface area contributed by atoms with Crippen LogP contribution in [0.3, 0.4) is 0 Å². The second-order valence-electron chi connectivity index (χ2n) is 5.06. The van der Waals surface area contributed by atoms with Crippen LogP contribution in [0.5, 0.6) is 0 Å². The first-order chi connectivity index (χ1) is 8.72. The van der Waals surface area contributed by atoms with Crippen molar-refractivity contribution in [3.8, 4) is 0 Å². The molecule has 0 radical (unpaired) electrons. The SMILES string of the molecule is CCC1CCN(Cc2nccc(N)n2)C(CN)C1. The van der Waals surface area contributed by atoms with E-state index >= 15 is 0 Å². The lowest BCUT2D eigenvalue weighted by Crippen LogP contribution is -2.46. The molecular formula is C13H23N5. The first kappa shape index (κ1) is 13.2. The minimum Gasteiger partial charge on any atom is -0.384 e. The van der Waals surface area contributed by atoms with Gasteiger partial charge in [0.1, 0.15) is 11.6 Å². The zero-order valence-corrected chi connectivity index (χ0v) is 11.0. The fraction of sp³-hybridized carbons (Fsp3) is 0.692. The van der Waals surface area contributed by atoms with E-state index in [1.54, 1.807) is 12.3 Å². The summed E-state index contributed by atoms with van der Waals surface area (Å²) in [7, 11) is 0. The zero-order valence-electron chi connectivity index (χ0n) is 11.0. The fourth-order valence-corrected chi connectivity index (χ4v) is 2.68. The molecule has 0 aliphatic carbocycles. The Bertz CT molecular complexity index is 381. The maximum Gasteiger partial charge on any atom is 0.144 e. The summed E-state index contributed by atoms with van der Waals surface area (Å²) in [5.41, 5.74) is 11.6. The topological polar surface area (TPSA) is 81.1 Å². The number of nitrogens with zero attached hydrogens (tertiary/aromatic N) is 3. The summed E-state index contributed by atoms with van der Waals surface area (Å²) in [5, 5.41) is 0. The van der Waals surface area contributed by atoms with E-state index in [9.17, 15) is 0 Å². The van der Waals surface area contributed by atoms with Crippen molar-refractivity contribution in [3.63, 3.8) is 0 Å². The van der Waals surface area contributed by atoms with Gasteiger partial charge >= 0.3 is 0 Å². The lowest BCUT2D eigenvalue weighted by atomic mass is 9.89. The van der Waals surface area contributed by atoms with Gasteiger partial charge in [0.25, 0.3) is 0 Å². The molecule has 4 N–H and O–H groups in total. The van der Waals surface area contributed by atoms with Crippen molar-refractivity contribution in [1.29, 1.82) is 0 Å². The van der Waals surface area contributed by atoms with Crippen LogP contribution in [0.4, 0.5) is 5.82 Å². The molecule has 1 aliphatic heterocycles. The summed E-state index contributed by atoms with van der Waals surface area (Å²) in [6.45, 7) is 4.80. The van der Waals surface area contributed by atoms with E-state index in [0.29, 0.717) is 18.4 Å². The third kappa shape index (κ3) is 3.17. The smallest absolute Gasteiger partial charge is 0.144 e. The van der Waals surface area contributed by atoms with Gasteiger partial charge in [-0.05, 0) is 31.4 Å². The standard InChI is InChI=1S/C13H23N5/c1-2-10-4-6-18(11(7-10)8-14)9-13-16-5-3-12(15)17-13/h3,5,10-11H,2,4,6-9,14H2,1H3,(H2,15,16,17). The fourth-order valence-electron chi connectivity index (χ4n) is 2.68. The van der Waals surface area contributed by atoms with E-state index in [4.69, 9.17) is 11.5 Å². The number of likely N-dealkylation sites (tertiary alicyclic amines) is 1. The molecule has 0 saturated carbocycles. The van der Waals surface area contributed by atoms with Gasteiger partial charge in [-0.2, -0.15) is 0 Å². The van der Waals surface area contributed by atoms with E-state index in [-0.39, 0.29) is 0 Å². The highest BCUT2D eigenvalue weighted by molar-refractivity contribution is 5.25. The van der Waals surface area contributed by atoms with E-state index in [0.717, 1.165) is 24.8 Å². The van der Waals surface area contributed by atoms with Crippen LogP contribution in [0, 0.1) is 5.92 Å². The Morgan fingerprint density at radius 2 is 2.33 bits per heavy atom. The van der Waals surface area contributed by atoms with Gasteiger partial charge in [-0.3, -0.25) is 4.90 Å². The third-order valence-corrected chi connectivity index (χ3v) is 3.87. The minimum atomic E-state index is 0.453. The molecule has 1 aromatic rings. The Morgan fingerprint density at radius 3 is 3.00 bits per heavy atom. The van der Waals surface area contributed by atoms with Crippen LogP contribution >= 0.6 is 0 Å². The van der Waals surface area contributed by atoms with Gasteiger partial charge in [0.2, 0.25) is 0 Å². The molecule has 1 aromatic heterocycles. The molecule has 1 saturated heterocycles. The summed E-state index contributed by atoms with van der Waals surface area (Å²) in [6.07, 6.45) is 5.40. The van der Waals surface area contributed by atoms with Crippen molar-refractivity contribution in [2.24, 2.45) is 11.7 Å². The normalized spacial score (nSPS) is 25.2. The highest BCUT2D eigenvalue weighted by Gasteiger charge is 2.27. The van der Waals surface area contributed by atoms with Crippen LogP contribution in [-0.4, -0.2) is 34.0 Å². The molecule has 0 bridgehead atoms. The Hall–Kier alpha value is -1.20. The summed E-state index contributed by atoms with van der Waals surface area (Å²) in [5.74, 6) is 2.15. The van der Waals surface area contributed by atoms with E-state index < -0.39 is 0 Å². The number of anilines is 1. The lowest BCUT2D eigenvalue weighted by Gasteiger charge is -2.38. The molecule has 0 spiro atoms. The highest BCUT2D eigenvalue weighted by Crippen LogP contribution is 2.25. The molecule has 2 rings (SSSR count). The first-order valence-electron chi connectivity index (χ1n) is 6.74. The summed E-state index contributed by atoms with van der Waals surface area (Å²) >= 11 is 0. The van der Waals surface area contributed by atoms with Crippen molar-refractivity contribution in [1.82, 2.24) is 14.9 Å². The van der Waals surface area contributed by atoms with Gasteiger partial charge < -0.3 is 11.5 Å². The average molecular weight is 249 g/mol. The minimum absolute atomic E-state index is 0.453. The van der Waals surface area contributed by atoms with E-state index in [1.807, 2.05) is 0 Å². The number of piperidine rings is 1. The van der Waals surface area contributed by atoms with Crippen LogP contribution in [0.2, 0.25) is 0 Å². The van der Waals surface area contributed by atoms with Crippen molar-refractivity contribution >= 4 is 5.82 Å². The second kappa shape index (κ2) is 6.11. The van der Waals surface area contributed by atoms with Crippen LogP contribution in [0.1, 0.15) is 32.0 Å².